The van der Waals surface area contributed by atoms with Crippen LogP contribution >= 0.6 is 0 Å². The van der Waals surface area contributed by atoms with E-state index in [-0.39, 0.29) is 6.10 Å². The molecule has 1 N–H and O–H groups in total. The highest BCUT2D eigenvalue weighted by Gasteiger charge is 2.27. The molecule has 0 aromatic carbocycles. The molecule has 0 radical (unpaired) electrons. The first-order chi connectivity index (χ1) is 9.45. The first kappa shape index (κ1) is 15.5. The van der Waals surface area contributed by atoms with Crippen molar-refractivity contribution < 1.29 is 13.2 Å². The van der Waals surface area contributed by atoms with Crippen molar-refractivity contribution >= 4 is 10.0 Å². The van der Waals surface area contributed by atoms with Crippen molar-refractivity contribution in [3.8, 4) is 0 Å². The van der Waals surface area contributed by atoms with Gasteiger partial charge in [0.15, 0.2) is 0 Å². The molecule has 1 atom stereocenters. The zero-order valence-corrected chi connectivity index (χ0v) is 13.1. The highest BCUT2D eigenvalue weighted by atomic mass is 32.2. The molecule has 1 saturated heterocycles. The summed E-state index contributed by atoms with van der Waals surface area (Å²) in [5.74, 6) is 0. The van der Waals surface area contributed by atoms with Crippen molar-refractivity contribution in [1.29, 1.82) is 0 Å². The summed E-state index contributed by atoms with van der Waals surface area (Å²) in [6.07, 6.45) is 3.62. The predicted octanol–water partition coefficient (Wildman–Crippen LogP) is 0.544. The van der Waals surface area contributed by atoms with Gasteiger partial charge >= 0.3 is 0 Å². The van der Waals surface area contributed by atoms with Crippen molar-refractivity contribution in [2.75, 3.05) is 27.2 Å². The van der Waals surface area contributed by atoms with Crippen LogP contribution in [0.15, 0.2) is 17.2 Å². The molecule has 0 bridgehead atoms. The molecular formula is C13H23N3O3S. The third-order valence-electron chi connectivity index (χ3n) is 3.63. The lowest BCUT2D eigenvalue weighted by molar-refractivity contribution is 0.0979. The topological polar surface area (TPSA) is 63.6 Å². The molecule has 1 aromatic rings. The van der Waals surface area contributed by atoms with Gasteiger partial charge in [0.2, 0.25) is 10.0 Å². The molecule has 7 heteroatoms. The Labute approximate surface area is 120 Å². The molecule has 1 unspecified atom stereocenters. The maximum Gasteiger partial charge on any atom is 0.244 e. The van der Waals surface area contributed by atoms with Gasteiger partial charge in [0.05, 0.1) is 6.10 Å². The predicted molar refractivity (Wildman–Crippen MR) is 77.0 cm³/mol. The number of rotatable bonds is 6. The number of hydrogen-bond acceptors (Lipinski definition) is 4. The van der Waals surface area contributed by atoms with Gasteiger partial charge < -0.3 is 14.6 Å². The fourth-order valence-electron chi connectivity index (χ4n) is 2.43. The molecule has 1 aliphatic heterocycles. The normalized spacial score (nSPS) is 19.9. The monoisotopic (exact) mass is 301 g/mol. The molecule has 0 spiro atoms. The molecule has 1 fully saturated rings. The molecule has 2 rings (SSSR count). The van der Waals surface area contributed by atoms with Crippen LogP contribution in [0, 0.1) is 0 Å². The molecule has 6 nitrogen and oxygen atoms in total. The molecule has 20 heavy (non-hydrogen) atoms. The summed E-state index contributed by atoms with van der Waals surface area (Å²) >= 11 is 0. The maximum absolute atomic E-state index is 12.5. The third kappa shape index (κ3) is 3.22. The number of nitrogens with zero attached hydrogens (tertiary/aromatic N) is 2. The first-order valence-electron chi connectivity index (χ1n) is 6.83. The number of ether oxygens (including phenoxy) is 1. The quantitative estimate of drug-likeness (QED) is 0.833. The van der Waals surface area contributed by atoms with Gasteiger partial charge in [0.25, 0.3) is 0 Å². The van der Waals surface area contributed by atoms with Crippen LogP contribution in [0.3, 0.4) is 0 Å². The summed E-state index contributed by atoms with van der Waals surface area (Å²) in [5.41, 5.74) is 0.941. The van der Waals surface area contributed by atoms with Crippen LogP contribution in [-0.4, -0.2) is 50.6 Å². The summed E-state index contributed by atoms with van der Waals surface area (Å²) in [6.45, 7) is 1.79. The van der Waals surface area contributed by atoms with Gasteiger partial charge in [-0.1, -0.05) is 0 Å². The lowest BCUT2D eigenvalue weighted by Gasteiger charge is -2.19. The Morgan fingerprint density at radius 3 is 2.90 bits per heavy atom. The van der Waals surface area contributed by atoms with Gasteiger partial charge in [0.1, 0.15) is 4.90 Å². The van der Waals surface area contributed by atoms with Crippen LogP contribution in [0.4, 0.5) is 0 Å². The molecule has 1 aliphatic rings. The van der Waals surface area contributed by atoms with E-state index < -0.39 is 10.0 Å². The molecule has 114 valence electrons. The summed E-state index contributed by atoms with van der Waals surface area (Å²) < 4.78 is 33.8. The molecule has 0 amide bonds. The number of sulfonamides is 1. The van der Waals surface area contributed by atoms with E-state index in [4.69, 9.17) is 4.74 Å². The smallest absolute Gasteiger partial charge is 0.244 e. The van der Waals surface area contributed by atoms with Crippen molar-refractivity contribution in [2.45, 2.75) is 30.4 Å². The van der Waals surface area contributed by atoms with Crippen LogP contribution < -0.4 is 5.32 Å². The zero-order chi connectivity index (χ0) is 14.8. The van der Waals surface area contributed by atoms with Gasteiger partial charge in [-0.05, 0) is 26.0 Å². The first-order valence-corrected chi connectivity index (χ1v) is 8.27. The summed E-state index contributed by atoms with van der Waals surface area (Å²) in [6, 6.07) is 1.72. The van der Waals surface area contributed by atoms with Crippen LogP contribution in [0.5, 0.6) is 0 Å². The molecule has 0 saturated carbocycles. The van der Waals surface area contributed by atoms with Crippen molar-refractivity contribution in [2.24, 2.45) is 7.05 Å². The highest BCUT2D eigenvalue weighted by Crippen LogP contribution is 2.20. The van der Waals surface area contributed by atoms with E-state index >= 15 is 0 Å². The Bertz CT molecular complexity index is 547. The Kier molecular flexibility index (Phi) is 4.85. The van der Waals surface area contributed by atoms with Crippen LogP contribution in [0.2, 0.25) is 0 Å². The number of nitrogens with one attached hydrogen (secondary N) is 1. The highest BCUT2D eigenvalue weighted by molar-refractivity contribution is 7.89. The second-order valence-corrected chi connectivity index (χ2v) is 7.27. The van der Waals surface area contributed by atoms with Crippen LogP contribution in [-0.2, 0) is 28.4 Å². The number of hydrogen-bond donors (Lipinski definition) is 1. The van der Waals surface area contributed by atoms with E-state index in [1.807, 2.05) is 18.7 Å². The molecular weight excluding hydrogens is 278 g/mol. The number of aromatic nitrogens is 1. The molecule has 0 aliphatic carbocycles. The van der Waals surface area contributed by atoms with Crippen LogP contribution in [0.1, 0.15) is 18.5 Å². The molecule has 1 aromatic heterocycles. The van der Waals surface area contributed by atoms with E-state index in [2.05, 4.69) is 5.32 Å². The summed E-state index contributed by atoms with van der Waals surface area (Å²) in [4.78, 5) is 0.339. The van der Waals surface area contributed by atoms with E-state index in [0.717, 1.165) is 25.1 Å². The average molecular weight is 301 g/mol. The Balaban J connectivity index is 2.14. The lowest BCUT2D eigenvalue weighted by Crippen LogP contribution is -2.33. The van der Waals surface area contributed by atoms with E-state index in [9.17, 15) is 8.42 Å². The lowest BCUT2D eigenvalue weighted by atomic mass is 10.2. The minimum atomic E-state index is -3.44. The largest absolute Gasteiger partial charge is 0.377 e. The van der Waals surface area contributed by atoms with Crippen molar-refractivity contribution in [3.63, 3.8) is 0 Å². The average Bonchev–Trinajstić information content (AvgIpc) is 3.01. The van der Waals surface area contributed by atoms with E-state index in [0.29, 0.717) is 18.0 Å². The fraction of sp³-hybridized carbons (Fsp3) is 0.692. The van der Waals surface area contributed by atoms with Gasteiger partial charge in [-0.2, -0.15) is 4.31 Å². The minimum Gasteiger partial charge on any atom is -0.377 e. The number of aryl methyl sites for hydroxylation is 1. The molecule has 2 heterocycles. The van der Waals surface area contributed by atoms with Gasteiger partial charge in [-0.15, -0.1) is 0 Å². The summed E-state index contributed by atoms with van der Waals surface area (Å²) in [5, 5.41) is 3.03. The second kappa shape index (κ2) is 6.26. The third-order valence-corrected chi connectivity index (χ3v) is 5.42. The standard InChI is InChI=1S/C13H23N3O3S/c1-14-8-11-7-13(10-15(11)2)20(17,18)16(3)9-12-5-4-6-19-12/h7,10,12,14H,4-6,8-9H2,1-3H3. The minimum absolute atomic E-state index is 0.0234. The Hall–Kier alpha value is -0.890. The van der Waals surface area contributed by atoms with E-state index in [1.54, 1.807) is 19.3 Å². The van der Waals surface area contributed by atoms with Gasteiger partial charge in [0, 0.05) is 45.7 Å². The summed E-state index contributed by atoms with van der Waals surface area (Å²) in [7, 11) is 1.86. The Morgan fingerprint density at radius 2 is 2.30 bits per heavy atom. The Morgan fingerprint density at radius 1 is 1.55 bits per heavy atom. The second-order valence-electron chi connectivity index (χ2n) is 5.23. The zero-order valence-electron chi connectivity index (χ0n) is 12.3. The van der Waals surface area contributed by atoms with Crippen molar-refractivity contribution in [1.82, 2.24) is 14.2 Å². The van der Waals surface area contributed by atoms with Crippen LogP contribution in [0.25, 0.3) is 0 Å². The van der Waals surface area contributed by atoms with Gasteiger partial charge in [-0.25, -0.2) is 8.42 Å². The maximum atomic E-state index is 12.5. The van der Waals surface area contributed by atoms with Crippen molar-refractivity contribution in [3.05, 3.63) is 18.0 Å². The fourth-order valence-corrected chi connectivity index (χ4v) is 3.73. The SMILES string of the molecule is CNCc1cc(S(=O)(=O)N(C)CC2CCCO2)cn1C. The number of likely N-dealkylation sites (N-methyl/N-ethyl adjacent to an activating group) is 1. The van der Waals surface area contributed by atoms with E-state index in [1.165, 1.54) is 4.31 Å². The van der Waals surface area contributed by atoms with Gasteiger partial charge in [-0.3, -0.25) is 0 Å².